The maximum absolute atomic E-state index is 9.84. The van der Waals surface area contributed by atoms with E-state index in [4.69, 9.17) is 4.74 Å². The van der Waals surface area contributed by atoms with Gasteiger partial charge in [0, 0.05) is 25.8 Å². The molecule has 0 amide bonds. The second-order valence-corrected chi connectivity index (χ2v) is 5.81. The Labute approximate surface area is 122 Å². The fourth-order valence-electron chi connectivity index (χ4n) is 2.66. The zero-order valence-electron chi connectivity index (χ0n) is 12.9. The lowest BCUT2D eigenvalue weighted by molar-refractivity contribution is -0.133. The van der Waals surface area contributed by atoms with Gasteiger partial charge < -0.3 is 20.1 Å². The minimum Gasteiger partial charge on any atom is -0.389 e. The van der Waals surface area contributed by atoms with Gasteiger partial charge in [-0.05, 0) is 32.7 Å². The smallest absolute Gasteiger partial charge is 0.108 e. The highest BCUT2D eigenvalue weighted by Gasteiger charge is 2.38. The lowest BCUT2D eigenvalue weighted by Crippen LogP contribution is -2.60. The van der Waals surface area contributed by atoms with Crippen molar-refractivity contribution < 1.29 is 20.1 Å². The summed E-state index contributed by atoms with van der Waals surface area (Å²) in [6.45, 7) is 7.01. The van der Waals surface area contributed by atoms with Crippen LogP contribution in [-0.4, -0.2) is 70.9 Å². The molecule has 20 heavy (non-hydrogen) atoms. The Bertz CT molecular complexity index is 252. The molecule has 0 aromatic heterocycles. The number of ether oxygens (including phenoxy) is 1. The van der Waals surface area contributed by atoms with Gasteiger partial charge in [-0.15, -0.1) is 0 Å². The summed E-state index contributed by atoms with van der Waals surface area (Å²) in [5.41, 5.74) is 0. The van der Waals surface area contributed by atoms with Gasteiger partial charge in [-0.1, -0.05) is 19.8 Å². The summed E-state index contributed by atoms with van der Waals surface area (Å²) >= 11 is 0. The number of likely N-dealkylation sites (tertiary alicyclic amines) is 1. The first kappa shape index (κ1) is 17.9. The van der Waals surface area contributed by atoms with E-state index < -0.39 is 18.3 Å². The maximum Gasteiger partial charge on any atom is 0.108 e. The standard InChI is InChI=1S/C15H31NO4/c1-3-9-20-10-7-5-4-6-8-16-11-13(17)15(19)14(18)12(16)2/h12-15,17-19H,3-11H2,1-2H3/t12-,13+,14-,15-/m1/s1. The van der Waals surface area contributed by atoms with Crippen molar-refractivity contribution in [2.24, 2.45) is 0 Å². The van der Waals surface area contributed by atoms with Gasteiger partial charge in [-0.3, -0.25) is 4.90 Å². The summed E-state index contributed by atoms with van der Waals surface area (Å²) in [6.07, 6.45) is 2.78. The third-order valence-corrected chi connectivity index (χ3v) is 4.07. The SMILES string of the molecule is CCCOCCCCCCN1C[C@H](O)[C@@H](O)[C@H](O)[C@H]1C. The third-order valence-electron chi connectivity index (χ3n) is 4.07. The second-order valence-electron chi connectivity index (χ2n) is 5.81. The van der Waals surface area contributed by atoms with Crippen LogP contribution in [0.5, 0.6) is 0 Å². The van der Waals surface area contributed by atoms with E-state index in [0.717, 1.165) is 51.9 Å². The molecule has 1 heterocycles. The van der Waals surface area contributed by atoms with Gasteiger partial charge in [0.1, 0.15) is 6.10 Å². The molecular formula is C15H31NO4. The van der Waals surface area contributed by atoms with Crippen molar-refractivity contribution in [3.8, 4) is 0 Å². The molecule has 0 aliphatic carbocycles. The number of β-amino-alcohol motifs (C(OH)–C–C–N with tert-alkyl or cyclic N) is 1. The van der Waals surface area contributed by atoms with Gasteiger partial charge >= 0.3 is 0 Å². The predicted molar refractivity (Wildman–Crippen MR) is 78.6 cm³/mol. The molecule has 0 bridgehead atoms. The van der Waals surface area contributed by atoms with Crippen LogP contribution in [0.1, 0.15) is 46.0 Å². The van der Waals surface area contributed by atoms with Crippen LogP contribution in [0.15, 0.2) is 0 Å². The van der Waals surface area contributed by atoms with Crippen LogP contribution in [-0.2, 0) is 4.74 Å². The van der Waals surface area contributed by atoms with E-state index in [1.54, 1.807) is 0 Å². The average Bonchev–Trinajstić information content (AvgIpc) is 2.44. The second kappa shape index (κ2) is 9.68. The van der Waals surface area contributed by atoms with Gasteiger partial charge in [-0.2, -0.15) is 0 Å². The van der Waals surface area contributed by atoms with Gasteiger partial charge in [0.05, 0.1) is 12.2 Å². The average molecular weight is 289 g/mol. The van der Waals surface area contributed by atoms with Crippen molar-refractivity contribution in [2.75, 3.05) is 26.3 Å². The first-order valence-electron chi connectivity index (χ1n) is 7.94. The van der Waals surface area contributed by atoms with Crippen molar-refractivity contribution in [2.45, 2.75) is 70.3 Å². The fraction of sp³-hybridized carbons (Fsp3) is 1.00. The summed E-state index contributed by atoms with van der Waals surface area (Å²) in [4.78, 5) is 2.07. The lowest BCUT2D eigenvalue weighted by atomic mass is 9.94. The molecule has 0 unspecified atom stereocenters. The molecule has 1 aliphatic rings. The monoisotopic (exact) mass is 289 g/mol. The lowest BCUT2D eigenvalue weighted by Gasteiger charge is -2.42. The topological polar surface area (TPSA) is 73.2 Å². The number of aliphatic hydroxyl groups is 3. The summed E-state index contributed by atoms with van der Waals surface area (Å²) in [6, 6.07) is -0.0960. The van der Waals surface area contributed by atoms with E-state index in [9.17, 15) is 15.3 Å². The van der Waals surface area contributed by atoms with Crippen molar-refractivity contribution in [3.05, 3.63) is 0 Å². The maximum atomic E-state index is 9.84. The summed E-state index contributed by atoms with van der Waals surface area (Å²) in [5, 5.41) is 29.1. The summed E-state index contributed by atoms with van der Waals surface area (Å²) in [7, 11) is 0. The van der Waals surface area contributed by atoms with E-state index in [1.165, 1.54) is 0 Å². The highest BCUT2D eigenvalue weighted by atomic mass is 16.5. The van der Waals surface area contributed by atoms with Crippen LogP contribution in [0.25, 0.3) is 0 Å². The Hall–Kier alpha value is -0.200. The first-order valence-corrected chi connectivity index (χ1v) is 7.94. The molecule has 3 N–H and O–H groups in total. The minimum absolute atomic E-state index is 0.0960. The Morgan fingerprint density at radius 1 is 1.00 bits per heavy atom. The zero-order valence-corrected chi connectivity index (χ0v) is 12.9. The number of unbranched alkanes of at least 4 members (excludes halogenated alkanes) is 3. The molecule has 0 aromatic rings. The Morgan fingerprint density at radius 3 is 2.40 bits per heavy atom. The molecule has 0 spiro atoms. The highest BCUT2D eigenvalue weighted by molar-refractivity contribution is 4.91. The van der Waals surface area contributed by atoms with Crippen molar-refractivity contribution in [3.63, 3.8) is 0 Å². The van der Waals surface area contributed by atoms with Gasteiger partial charge in [-0.25, -0.2) is 0 Å². The molecule has 120 valence electrons. The molecular weight excluding hydrogens is 258 g/mol. The normalized spacial score (nSPS) is 31.6. The van der Waals surface area contributed by atoms with Crippen molar-refractivity contribution in [1.82, 2.24) is 4.90 Å². The van der Waals surface area contributed by atoms with Crippen LogP contribution in [0.2, 0.25) is 0 Å². The van der Waals surface area contributed by atoms with Gasteiger partial charge in [0.2, 0.25) is 0 Å². The van der Waals surface area contributed by atoms with Crippen LogP contribution in [0.4, 0.5) is 0 Å². The largest absolute Gasteiger partial charge is 0.389 e. The summed E-state index contributed by atoms with van der Waals surface area (Å²) in [5.74, 6) is 0. The van der Waals surface area contributed by atoms with Crippen LogP contribution in [0.3, 0.4) is 0 Å². The summed E-state index contributed by atoms with van der Waals surface area (Å²) < 4.78 is 5.43. The van der Waals surface area contributed by atoms with Crippen molar-refractivity contribution >= 4 is 0 Å². The third kappa shape index (κ3) is 5.66. The number of piperidine rings is 1. The van der Waals surface area contributed by atoms with E-state index in [-0.39, 0.29) is 6.04 Å². The minimum atomic E-state index is -1.02. The van der Waals surface area contributed by atoms with Gasteiger partial charge in [0.15, 0.2) is 0 Å². The molecule has 1 rings (SSSR count). The molecule has 4 atom stereocenters. The molecule has 1 fully saturated rings. The molecule has 5 heteroatoms. The van der Waals surface area contributed by atoms with E-state index in [2.05, 4.69) is 11.8 Å². The predicted octanol–water partition coefficient (Wildman–Crippen LogP) is 0.760. The number of nitrogens with zero attached hydrogens (tertiary/aromatic N) is 1. The number of hydrogen-bond acceptors (Lipinski definition) is 5. The number of aliphatic hydroxyl groups excluding tert-OH is 3. The van der Waals surface area contributed by atoms with Crippen LogP contribution in [0, 0.1) is 0 Å². The molecule has 0 aromatic carbocycles. The van der Waals surface area contributed by atoms with Crippen LogP contribution < -0.4 is 0 Å². The molecule has 0 radical (unpaired) electrons. The zero-order chi connectivity index (χ0) is 15.0. The van der Waals surface area contributed by atoms with E-state index in [1.807, 2.05) is 6.92 Å². The van der Waals surface area contributed by atoms with E-state index >= 15 is 0 Å². The number of rotatable bonds is 9. The Morgan fingerprint density at radius 2 is 1.70 bits per heavy atom. The van der Waals surface area contributed by atoms with E-state index in [0.29, 0.717) is 6.54 Å². The molecule has 0 saturated carbocycles. The molecule has 1 saturated heterocycles. The quantitative estimate of drug-likeness (QED) is 0.547. The molecule has 1 aliphatic heterocycles. The van der Waals surface area contributed by atoms with Crippen LogP contribution >= 0.6 is 0 Å². The first-order chi connectivity index (χ1) is 9.57. The Balaban J connectivity index is 2.09. The highest BCUT2D eigenvalue weighted by Crippen LogP contribution is 2.19. The number of hydrogen-bond donors (Lipinski definition) is 3. The molecule has 5 nitrogen and oxygen atoms in total. The fourth-order valence-corrected chi connectivity index (χ4v) is 2.66. The Kier molecular flexibility index (Phi) is 8.64. The van der Waals surface area contributed by atoms with Crippen molar-refractivity contribution in [1.29, 1.82) is 0 Å². The van der Waals surface area contributed by atoms with Gasteiger partial charge in [0.25, 0.3) is 0 Å².